The van der Waals surface area contributed by atoms with E-state index in [1.54, 1.807) is 24.3 Å². The molecule has 0 saturated heterocycles. The molecule has 0 aliphatic carbocycles. The first kappa shape index (κ1) is 15.4. The van der Waals surface area contributed by atoms with Gasteiger partial charge in [0.05, 0.1) is 12.8 Å². The standard InChI is InChI=1S/C16H15NO5/c17-13-3-1-2-10(8-15(21)22)16(13)11-4-9(6-14(19)20)5-12(18)7-11/h1-5,7,18H,6,8,17H2,(H,19,20)(H,21,22). The van der Waals surface area contributed by atoms with E-state index in [1.807, 2.05) is 0 Å². The number of phenolic OH excluding ortho intramolecular Hbond substituents is 1. The van der Waals surface area contributed by atoms with Gasteiger partial charge in [-0.15, -0.1) is 0 Å². The van der Waals surface area contributed by atoms with E-state index in [0.717, 1.165) is 0 Å². The van der Waals surface area contributed by atoms with Crippen LogP contribution in [0, 0.1) is 0 Å². The zero-order valence-electron chi connectivity index (χ0n) is 11.6. The minimum atomic E-state index is -1.02. The number of phenols is 1. The third kappa shape index (κ3) is 3.54. The molecule has 0 unspecified atom stereocenters. The molecule has 0 radical (unpaired) electrons. The molecule has 2 aromatic carbocycles. The van der Waals surface area contributed by atoms with Gasteiger partial charge in [0.2, 0.25) is 0 Å². The smallest absolute Gasteiger partial charge is 0.307 e. The fourth-order valence-electron chi connectivity index (χ4n) is 2.38. The van der Waals surface area contributed by atoms with Crippen molar-refractivity contribution in [3.63, 3.8) is 0 Å². The van der Waals surface area contributed by atoms with Gasteiger partial charge in [-0.05, 0) is 34.9 Å². The molecule has 6 heteroatoms. The fourth-order valence-corrected chi connectivity index (χ4v) is 2.38. The summed E-state index contributed by atoms with van der Waals surface area (Å²) in [6.45, 7) is 0. The van der Waals surface area contributed by atoms with Gasteiger partial charge >= 0.3 is 11.9 Å². The Morgan fingerprint density at radius 3 is 2.32 bits per heavy atom. The summed E-state index contributed by atoms with van der Waals surface area (Å²) >= 11 is 0. The Kier molecular flexibility index (Phi) is 4.31. The Bertz CT molecular complexity index is 739. The lowest BCUT2D eigenvalue weighted by Crippen LogP contribution is -2.04. The average molecular weight is 301 g/mol. The van der Waals surface area contributed by atoms with Crippen LogP contribution < -0.4 is 5.73 Å². The van der Waals surface area contributed by atoms with E-state index in [1.165, 1.54) is 12.1 Å². The Hall–Kier alpha value is -3.02. The number of carbonyl (C=O) groups is 2. The highest BCUT2D eigenvalue weighted by atomic mass is 16.4. The van der Waals surface area contributed by atoms with Gasteiger partial charge in [-0.25, -0.2) is 0 Å². The largest absolute Gasteiger partial charge is 0.508 e. The van der Waals surface area contributed by atoms with Gasteiger partial charge in [0.1, 0.15) is 5.75 Å². The molecule has 2 aromatic rings. The summed E-state index contributed by atoms with van der Waals surface area (Å²) in [6.07, 6.45) is -0.466. The minimum absolute atomic E-state index is 0.0988. The molecule has 0 fully saturated rings. The summed E-state index contributed by atoms with van der Waals surface area (Å²) in [7, 11) is 0. The molecule has 0 amide bonds. The Morgan fingerprint density at radius 1 is 1.00 bits per heavy atom. The molecule has 0 saturated carbocycles. The predicted molar refractivity (Wildman–Crippen MR) is 80.6 cm³/mol. The van der Waals surface area contributed by atoms with Crippen molar-refractivity contribution >= 4 is 17.6 Å². The quantitative estimate of drug-likeness (QED) is 0.626. The van der Waals surface area contributed by atoms with Crippen LogP contribution in [0.5, 0.6) is 5.75 Å². The summed E-state index contributed by atoms with van der Waals surface area (Å²) in [4.78, 5) is 21.8. The first-order valence-electron chi connectivity index (χ1n) is 6.51. The molecule has 0 atom stereocenters. The van der Waals surface area contributed by atoms with Crippen LogP contribution in [0.2, 0.25) is 0 Å². The highest BCUT2D eigenvalue weighted by Gasteiger charge is 2.14. The molecular formula is C16H15NO5. The van der Waals surface area contributed by atoms with Crippen molar-refractivity contribution in [2.75, 3.05) is 5.73 Å². The van der Waals surface area contributed by atoms with Crippen LogP contribution >= 0.6 is 0 Å². The predicted octanol–water partition coefficient (Wildman–Crippen LogP) is 1.90. The Morgan fingerprint density at radius 2 is 1.68 bits per heavy atom. The van der Waals surface area contributed by atoms with Gasteiger partial charge < -0.3 is 21.1 Å². The molecule has 0 bridgehead atoms. The monoisotopic (exact) mass is 301 g/mol. The number of rotatable bonds is 5. The summed E-state index contributed by atoms with van der Waals surface area (Å²) < 4.78 is 0. The van der Waals surface area contributed by atoms with E-state index < -0.39 is 11.9 Å². The van der Waals surface area contributed by atoms with Crippen LogP contribution in [0.25, 0.3) is 11.1 Å². The van der Waals surface area contributed by atoms with Crippen molar-refractivity contribution in [2.24, 2.45) is 0 Å². The van der Waals surface area contributed by atoms with Gasteiger partial charge in [0, 0.05) is 11.3 Å². The Balaban J connectivity index is 2.58. The molecule has 0 heterocycles. The van der Waals surface area contributed by atoms with Crippen molar-refractivity contribution in [3.8, 4) is 16.9 Å². The number of hydrogen-bond acceptors (Lipinski definition) is 4. The number of hydrogen-bond donors (Lipinski definition) is 4. The maximum absolute atomic E-state index is 11.0. The summed E-state index contributed by atoms with van der Waals surface area (Å²) in [5, 5.41) is 27.6. The van der Waals surface area contributed by atoms with Crippen LogP contribution in [0.4, 0.5) is 5.69 Å². The van der Waals surface area contributed by atoms with Gasteiger partial charge in [-0.3, -0.25) is 9.59 Å². The maximum Gasteiger partial charge on any atom is 0.307 e. The summed E-state index contributed by atoms with van der Waals surface area (Å²) in [6, 6.07) is 9.29. The molecule has 0 aromatic heterocycles. The SMILES string of the molecule is Nc1cccc(CC(=O)O)c1-c1cc(O)cc(CC(=O)O)c1. The van der Waals surface area contributed by atoms with E-state index in [-0.39, 0.29) is 18.6 Å². The highest BCUT2D eigenvalue weighted by Crippen LogP contribution is 2.33. The van der Waals surface area contributed by atoms with Crippen molar-refractivity contribution in [3.05, 3.63) is 47.5 Å². The van der Waals surface area contributed by atoms with Crippen LogP contribution in [-0.4, -0.2) is 27.3 Å². The second kappa shape index (κ2) is 6.17. The Labute approximate surface area is 126 Å². The number of aliphatic carboxylic acids is 2. The number of carboxylic acid groups (broad SMARTS) is 2. The highest BCUT2D eigenvalue weighted by molar-refractivity contribution is 5.84. The molecule has 0 spiro atoms. The summed E-state index contributed by atoms with van der Waals surface area (Å²) in [5.74, 6) is -2.13. The topological polar surface area (TPSA) is 121 Å². The molecule has 114 valence electrons. The minimum Gasteiger partial charge on any atom is -0.508 e. The molecule has 2 rings (SSSR count). The van der Waals surface area contributed by atoms with Gasteiger partial charge in [-0.1, -0.05) is 18.2 Å². The number of nitrogen functional groups attached to an aromatic ring is 1. The number of benzene rings is 2. The maximum atomic E-state index is 11.0. The number of aromatic hydroxyl groups is 1. The van der Waals surface area contributed by atoms with Crippen LogP contribution in [-0.2, 0) is 22.4 Å². The molecule has 0 aliphatic rings. The zero-order valence-corrected chi connectivity index (χ0v) is 11.6. The van der Waals surface area contributed by atoms with Gasteiger partial charge in [0.25, 0.3) is 0 Å². The van der Waals surface area contributed by atoms with E-state index in [4.69, 9.17) is 15.9 Å². The van der Waals surface area contributed by atoms with Crippen LogP contribution in [0.15, 0.2) is 36.4 Å². The lowest BCUT2D eigenvalue weighted by molar-refractivity contribution is -0.137. The number of anilines is 1. The third-order valence-electron chi connectivity index (χ3n) is 3.15. The van der Waals surface area contributed by atoms with Gasteiger partial charge in [0.15, 0.2) is 0 Å². The number of carboxylic acids is 2. The van der Waals surface area contributed by atoms with Crippen LogP contribution in [0.3, 0.4) is 0 Å². The van der Waals surface area contributed by atoms with Crippen molar-refractivity contribution in [1.29, 1.82) is 0 Å². The molecular weight excluding hydrogens is 286 g/mol. The second-order valence-electron chi connectivity index (χ2n) is 4.91. The first-order chi connectivity index (χ1) is 10.4. The van der Waals surface area contributed by atoms with E-state index in [0.29, 0.717) is 27.9 Å². The normalized spacial score (nSPS) is 10.4. The second-order valence-corrected chi connectivity index (χ2v) is 4.91. The van der Waals surface area contributed by atoms with Crippen molar-refractivity contribution in [1.82, 2.24) is 0 Å². The van der Waals surface area contributed by atoms with Crippen molar-refractivity contribution < 1.29 is 24.9 Å². The first-order valence-corrected chi connectivity index (χ1v) is 6.51. The lowest BCUT2D eigenvalue weighted by atomic mass is 9.94. The fraction of sp³-hybridized carbons (Fsp3) is 0.125. The lowest BCUT2D eigenvalue weighted by Gasteiger charge is -2.13. The van der Waals surface area contributed by atoms with E-state index in [2.05, 4.69) is 0 Å². The van der Waals surface area contributed by atoms with E-state index in [9.17, 15) is 14.7 Å². The van der Waals surface area contributed by atoms with Crippen molar-refractivity contribution in [2.45, 2.75) is 12.8 Å². The molecule has 22 heavy (non-hydrogen) atoms. The molecule has 6 nitrogen and oxygen atoms in total. The average Bonchev–Trinajstić information content (AvgIpc) is 2.36. The van der Waals surface area contributed by atoms with E-state index >= 15 is 0 Å². The zero-order chi connectivity index (χ0) is 16.3. The molecule has 0 aliphatic heterocycles. The summed E-state index contributed by atoms with van der Waals surface area (Å²) in [5.41, 5.74) is 8.20. The van der Waals surface area contributed by atoms with Crippen LogP contribution in [0.1, 0.15) is 11.1 Å². The number of nitrogens with two attached hydrogens (primary N) is 1. The van der Waals surface area contributed by atoms with Gasteiger partial charge in [-0.2, -0.15) is 0 Å². The molecule has 5 N–H and O–H groups in total. The third-order valence-corrected chi connectivity index (χ3v) is 3.15.